The molecule has 0 N–H and O–H groups in total. The quantitative estimate of drug-likeness (QED) is 0.214. The van der Waals surface area contributed by atoms with Crippen LogP contribution in [0, 0.1) is 0 Å². The largest absolute Gasteiger partial charge is 0.456 e. The first-order valence-corrected chi connectivity index (χ1v) is 14.9. The lowest BCUT2D eigenvalue weighted by Gasteiger charge is -2.12. The topological polar surface area (TPSA) is 31.0 Å². The monoisotopic (exact) mass is 562 g/mol. The van der Waals surface area contributed by atoms with Crippen molar-refractivity contribution in [2.75, 3.05) is 0 Å². The minimum atomic E-state index is 0.914. The summed E-state index contributed by atoms with van der Waals surface area (Å²) in [6.45, 7) is 0. The van der Waals surface area contributed by atoms with Crippen LogP contribution in [0.4, 0.5) is 0 Å². The van der Waals surface area contributed by atoms with Crippen LogP contribution >= 0.6 is 0 Å². The van der Waals surface area contributed by atoms with Crippen molar-refractivity contribution < 1.29 is 4.42 Å². The Kier molecular flexibility index (Phi) is 5.50. The number of aromatic nitrogens is 2. The highest BCUT2D eigenvalue weighted by molar-refractivity contribution is 6.17. The smallest absolute Gasteiger partial charge is 0.136 e. The Hall–Kier alpha value is -5.93. The molecule has 206 valence electrons. The molecule has 9 aromatic rings. The summed E-state index contributed by atoms with van der Waals surface area (Å²) in [5.74, 6) is 0. The highest BCUT2D eigenvalue weighted by atomic mass is 16.3. The fourth-order valence-corrected chi connectivity index (χ4v) is 6.48. The lowest BCUT2D eigenvalue weighted by Crippen LogP contribution is -1.94. The maximum Gasteiger partial charge on any atom is 0.136 e. The summed E-state index contributed by atoms with van der Waals surface area (Å²) in [5, 5.41) is 4.67. The molecule has 9 rings (SSSR count). The third-order valence-electron chi connectivity index (χ3n) is 8.59. The van der Waals surface area contributed by atoms with Gasteiger partial charge in [-0.1, -0.05) is 109 Å². The minimum absolute atomic E-state index is 0.914. The molecule has 0 bridgehead atoms. The Labute approximate surface area is 254 Å². The van der Waals surface area contributed by atoms with E-state index in [-0.39, 0.29) is 0 Å². The molecule has 0 fully saturated rings. The maximum absolute atomic E-state index is 6.26. The van der Waals surface area contributed by atoms with E-state index in [0.29, 0.717) is 0 Å². The number of furan rings is 1. The van der Waals surface area contributed by atoms with E-state index >= 15 is 0 Å². The van der Waals surface area contributed by atoms with Crippen molar-refractivity contribution >= 4 is 43.7 Å². The fraction of sp³-hybridized carbons (Fsp3) is 0. The second kappa shape index (κ2) is 9.82. The third-order valence-corrected chi connectivity index (χ3v) is 8.59. The molecule has 0 amide bonds. The first-order chi connectivity index (χ1) is 21.8. The molecule has 3 heterocycles. The third kappa shape index (κ3) is 3.94. The van der Waals surface area contributed by atoms with Gasteiger partial charge in [-0.25, -0.2) is 4.98 Å². The summed E-state index contributed by atoms with van der Waals surface area (Å²) in [6.07, 6.45) is 0. The molecule has 0 aliphatic rings. The molecule has 0 aliphatic heterocycles. The van der Waals surface area contributed by atoms with Gasteiger partial charge in [0.2, 0.25) is 0 Å². The van der Waals surface area contributed by atoms with Crippen LogP contribution in [-0.2, 0) is 0 Å². The van der Waals surface area contributed by atoms with Crippen molar-refractivity contribution in [3.63, 3.8) is 0 Å². The van der Waals surface area contributed by atoms with Gasteiger partial charge in [-0.05, 0) is 59.7 Å². The van der Waals surface area contributed by atoms with E-state index in [2.05, 4.69) is 138 Å². The number of hydrogen-bond acceptors (Lipinski definition) is 2. The van der Waals surface area contributed by atoms with Crippen LogP contribution in [0.25, 0.3) is 83.1 Å². The summed E-state index contributed by atoms with van der Waals surface area (Å²) in [7, 11) is 0. The summed E-state index contributed by atoms with van der Waals surface area (Å²) >= 11 is 0. The zero-order valence-corrected chi connectivity index (χ0v) is 23.8. The Morgan fingerprint density at radius 3 is 1.70 bits per heavy atom. The molecular formula is C41H26N2O. The van der Waals surface area contributed by atoms with Crippen LogP contribution in [0.1, 0.15) is 0 Å². The van der Waals surface area contributed by atoms with Gasteiger partial charge in [0.15, 0.2) is 0 Å². The summed E-state index contributed by atoms with van der Waals surface area (Å²) in [4.78, 5) is 5.06. The van der Waals surface area contributed by atoms with Crippen LogP contribution in [-0.4, -0.2) is 9.55 Å². The molecule has 44 heavy (non-hydrogen) atoms. The zero-order chi connectivity index (χ0) is 29.0. The minimum Gasteiger partial charge on any atom is -0.456 e. The van der Waals surface area contributed by atoms with E-state index in [9.17, 15) is 0 Å². The molecule has 0 radical (unpaired) electrons. The summed E-state index contributed by atoms with van der Waals surface area (Å²) in [5.41, 5.74) is 11.7. The van der Waals surface area contributed by atoms with Crippen molar-refractivity contribution in [1.29, 1.82) is 0 Å². The van der Waals surface area contributed by atoms with Crippen LogP contribution < -0.4 is 0 Å². The molecule has 0 spiro atoms. The van der Waals surface area contributed by atoms with Crippen LogP contribution in [0.2, 0.25) is 0 Å². The van der Waals surface area contributed by atoms with Crippen LogP contribution in [0.15, 0.2) is 162 Å². The van der Waals surface area contributed by atoms with E-state index in [0.717, 1.165) is 61.3 Å². The number of rotatable bonds is 4. The lowest BCUT2D eigenvalue weighted by molar-refractivity contribution is 0.669. The predicted molar refractivity (Wildman–Crippen MR) is 182 cm³/mol. The summed E-state index contributed by atoms with van der Waals surface area (Å²) < 4.78 is 8.63. The highest BCUT2D eigenvalue weighted by Gasteiger charge is 2.16. The average Bonchev–Trinajstić information content (AvgIpc) is 3.63. The molecule has 3 nitrogen and oxygen atoms in total. The van der Waals surface area contributed by atoms with Crippen molar-refractivity contribution in [3.8, 4) is 39.3 Å². The Morgan fingerprint density at radius 2 is 1.00 bits per heavy atom. The average molecular weight is 563 g/mol. The molecule has 3 aromatic heterocycles. The van der Waals surface area contributed by atoms with Gasteiger partial charge in [0.25, 0.3) is 0 Å². The standard InChI is InChI=1S/C41H26N2O/c1-3-11-28(12-4-1)36-23-30(24-37(42-36)29-13-5-2-6-14-29)27-19-21-31(22-20-27)43-38-17-9-7-15-32(38)34-26-41-35(25-39(34)43)33-16-8-10-18-40(33)44-41/h1-26H. The van der Waals surface area contributed by atoms with Gasteiger partial charge in [-0.3, -0.25) is 0 Å². The molecule has 3 heteroatoms. The van der Waals surface area contributed by atoms with Gasteiger partial charge in [-0.15, -0.1) is 0 Å². The predicted octanol–water partition coefficient (Wildman–Crippen LogP) is 11.1. The Morgan fingerprint density at radius 1 is 0.386 bits per heavy atom. The van der Waals surface area contributed by atoms with Crippen molar-refractivity contribution in [1.82, 2.24) is 9.55 Å². The number of pyridine rings is 1. The lowest BCUT2D eigenvalue weighted by atomic mass is 10.00. The number of fused-ring (bicyclic) bond motifs is 6. The molecular weight excluding hydrogens is 536 g/mol. The SMILES string of the molecule is c1ccc(-c2cc(-c3ccc(-n4c5ccccc5c5cc6oc7ccccc7c6cc54)cc3)cc(-c3ccccc3)n2)cc1. The number of hydrogen-bond donors (Lipinski definition) is 0. The van der Waals surface area contributed by atoms with Crippen LogP contribution in [0.5, 0.6) is 0 Å². The van der Waals surface area contributed by atoms with E-state index < -0.39 is 0 Å². The van der Waals surface area contributed by atoms with Crippen LogP contribution in [0.3, 0.4) is 0 Å². The Balaban J connectivity index is 1.21. The first kappa shape index (κ1) is 24.6. The molecule has 0 atom stereocenters. The highest BCUT2D eigenvalue weighted by Crippen LogP contribution is 2.38. The second-order valence-corrected chi connectivity index (χ2v) is 11.2. The number of benzene rings is 6. The fourth-order valence-electron chi connectivity index (χ4n) is 6.48. The van der Waals surface area contributed by atoms with Gasteiger partial charge >= 0.3 is 0 Å². The number of para-hydroxylation sites is 2. The molecule has 0 unspecified atom stereocenters. The van der Waals surface area contributed by atoms with E-state index in [4.69, 9.17) is 9.40 Å². The second-order valence-electron chi connectivity index (χ2n) is 11.2. The van der Waals surface area contributed by atoms with Gasteiger partial charge in [0.1, 0.15) is 11.2 Å². The summed E-state index contributed by atoms with van der Waals surface area (Å²) in [6, 6.07) is 55.4. The molecule has 6 aromatic carbocycles. The maximum atomic E-state index is 6.26. The van der Waals surface area contributed by atoms with Gasteiger partial charge < -0.3 is 8.98 Å². The number of nitrogens with zero attached hydrogens (tertiary/aromatic N) is 2. The van der Waals surface area contributed by atoms with E-state index in [1.54, 1.807) is 0 Å². The van der Waals surface area contributed by atoms with Crippen molar-refractivity contribution in [2.45, 2.75) is 0 Å². The molecule has 0 saturated carbocycles. The molecule has 0 saturated heterocycles. The zero-order valence-electron chi connectivity index (χ0n) is 23.8. The van der Waals surface area contributed by atoms with Gasteiger partial charge in [-0.2, -0.15) is 0 Å². The van der Waals surface area contributed by atoms with Crippen molar-refractivity contribution in [2.24, 2.45) is 0 Å². The van der Waals surface area contributed by atoms with E-state index in [1.807, 2.05) is 24.3 Å². The van der Waals surface area contributed by atoms with Gasteiger partial charge in [0, 0.05) is 38.4 Å². The Bertz CT molecular complexity index is 2410. The normalized spacial score (nSPS) is 11.6. The van der Waals surface area contributed by atoms with Crippen molar-refractivity contribution in [3.05, 3.63) is 158 Å². The molecule has 0 aliphatic carbocycles. The van der Waals surface area contributed by atoms with E-state index in [1.165, 1.54) is 21.8 Å². The first-order valence-electron chi connectivity index (χ1n) is 14.9. The van der Waals surface area contributed by atoms with Gasteiger partial charge in [0.05, 0.1) is 22.4 Å².